The van der Waals surface area contributed by atoms with Gasteiger partial charge in [-0.15, -0.1) is 0 Å². The Kier molecular flexibility index (Phi) is 5.19. The summed E-state index contributed by atoms with van der Waals surface area (Å²) in [5, 5.41) is 12.4. The number of methoxy groups -OCH3 is 1. The van der Waals surface area contributed by atoms with Gasteiger partial charge in [-0.05, 0) is 38.8 Å². The molecule has 5 nitrogen and oxygen atoms in total. The minimum absolute atomic E-state index is 0.247. The van der Waals surface area contributed by atoms with Crippen molar-refractivity contribution in [2.75, 3.05) is 39.9 Å². The third kappa shape index (κ3) is 4.75. The Morgan fingerprint density at radius 1 is 1.42 bits per heavy atom. The van der Waals surface area contributed by atoms with E-state index in [9.17, 15) is 4.79 Å². The Bertz CT molecular complexity index is 297. The second kappa shape index (κ2) is 6.68. The van der Waals surface area contributed by atoms with Crippen molar-refractivity contribution in [3.05, 3.63) is 0 Å². The van der Waals surface area contributed by atoms with Crippen LogP contribution in [0.25, 0.3) is 0 Å². The Hall–Kier alpha value is -0.650. The van der Waals surface area contributed by atoms with E-state index < -0.39 is 5.97 Å². The van der Waals surface area contributed by atoms with Crippen LogP contribution in [0.4, 0.5) is 0 Å². The zero-order chi connectivity index (χ0) is 13.7. The zero-order valence-electron chi connectivity index (χ0n) is 11.9. The van der Waals surface area contributed by atoms with Gasteiger partial charge < -0.3 is 20.1 Å². The second-order valence-corrected chi connectivity index (χ2v) is 6.07. The standard InChI is InChI=1S/C14H26N2O3/c1-19-11-14(10-15-12-2-3-12)5-8-16(9-6-14)7-4-13(17)18/h12,15H,2-11H2,1H3,(H,17,18). The van der Waals surface area contributed by atoms with E-state index in [2.05, 4.69) is 10.2 Å². The monoisotopic (exact) mass is 270 g/mol. The van der Waals surface area contributed by atoms with Crippen molar-refractivity contribution in [2.24, 2.45) is 5.41 Å². The molecule has 1 aliphatic heterocycles. The molecule has 2 rings (SSSR count). The number of carbonyl (C=O) groups is 1. The van der Waals surface area contributed by atoms with E-state index in [1.807, 2.05) is 0 Å². The highest BCUT2D eigenvalue weighted by molar-refractivity contribution is 5.66. The highest BCUT2D eigenvalue weighted by Gasteiger charge is 2.36. The van der Waals surface area contributed by atoms with Crippen LogP contribution in [0, 0.1) is 5.41 Å². The van der Waals surface area contributed by atoms with Crippen molar-refractivity contribution in [2.45, 2.75) is 38.1 Å². The van der Waals surface area contributed by atoms with Gasteiger partial charge in [0.1, 0.15) is 0 Å². The Labute approximate surface area is 115 Å². The zero-order valence-corrected chi connectivity index (χ0v) is 11.9. The number of aliphatic carboxylic acids is 1. The molecule has 0 radical (unpaired) electrons. The van der Waals surface area contributed by atoms with Crippen molar-refractivity contribution < 1.29 is 14.6 Å². The largest absolute Gasteiger partial charge is 0.481 e. The number of ether oxygens (including phenoxy) is 1. The predicted molar refractivity (Wildman–Crippen MR) is 73.3 cm³/mol. The summed E-state index contributed by atoms with van der Waals surface area (Å²) in [5.41, 5.74) is 0.247. The summed E-state index contributed by atoms with van der Waals surface area (Å²) in [6, 6.07) is 0.735. The van der Waals surface area contributed by atoms with Gasteiger partial charge in [0.05, 0.1) is 13.0 Å². The summed E-state index contributed by atoms with van der Waals surface area (Å²) in [4.78, 5) is 12.9. The summed E-state index contributed by atoms with van der Waals surface area (Å²) < 4.78 is 5.42. The van der Waals surface area contributed by atoms with Crippen LogP contribution >= 0.6 is 0 Å². The predicted octanol–water partition coefficient (Wildman–Crippen LogP) is 0.942. The molecule has 19 heavy (non-hydrogen) atoms. The number of carboxylic acids is 1. The number of carboxylic acid groups (broad SMARTS) is 1. The van der Waals surface area contributed by atoms with E-state index in [1.54, 1.807) is 7.11 Å². The van der Waals surface area contributed by atoms with Crippen LogP contribution in [0.1, 0.15) is 32.1 Å². The SMILES string of the molecule is COCC1(CNC2CC2)CCN(CCC(=O)O)CC1. The number of hydrogen-bond acceptors (Lipinski definition) is 4. The molecule has 1 saturated heterocycles. The highest BCUT2D eigenvalue weighted by atomic mass is 16.5. The fourth-order valence-electron chi connectivity index (χ4n) is 2.83. The molecule has 0 atom stereocenters. The normalized spacial score (nSPS) is 23.4. The van der Waals surface area contributed by atoms with Crippen LogP contribution in [0.15, 0.2) is 0 Å². The van der Waals surface area contributed by atoms with Crippen molar-refractivity contribution in [1.29, 1.82) is 0 Å². The van der Waals surface area contributed by atoms with Crippen LogP contribution < -0.4 is 5.32 Å². The van der Waals surface area contributed by atoms with E-state index in [1.165, 1.54) is 12.8 Å². The van der Waals surface area contributed by atoms with Gasteiger partial charge >= 0.3 is 5.97 Å². The molecule has 2 N–H and O–H groups in total. The first-order valence-corrected chi connectivity index (χ1v) is 7.30. The Balaban J connectivity index is 1.76. The number of nitrogens with zero attached hydrogens (tertiary/aromatic N) is 1. The van der Waals surface area contributed by atoms with Gasteiger partial charge in [-0.25, -0.2) is 0 Å². The van der Waals surface area contributed by atoms with Crippen molar-refractivity contribution in [3.63, 3.8) is 0 Å². The molecule has 0 aromatic rings. The van der Waals surface area contributed by atoms with Crippen LogP contribution in [-0.2, 0) is 9.53 Å². The fourth-order valence-corrected chi connectivity index (χ4v) is 2.83. The summed E-state index contributed by atoms with van der Waals surface area (Å²) in [6.45, 7) is 4.50. The van der Waals surface area contributed by atoms with Crippen LogP contribution in [0.3, 0.4) is 0 Å². The average Bonchev–Trinajstić information content (AvgIpc) is 3.20. The van der Waals surface area contributed by atoms with Crippen molar-refractivity contribution in [1.82, 2.24) is 10.2 Å². The molecule has 0 aromatic heterocycles. The van der Waals surface area contributed by atoms with Gasteiger partial charge in [-0.1, -0.05) is 0 Å². The first kappa shape index (κ1) is 14.8. The van der Waals surface area contributed by atoms with Gasteiger partial charge in [0.2, 0.25) is 0 Å². The molecular formula is C14H26N2O3. The summed E-state index contributed by atoms with van der Waals surface area (Å²) in [7, 11) is 1.77. The van der Waals surface area contributed by atoms with Gasteiger partial charge in [-0.2, -0.15) is 0 Å². The molecule has 0 spiro atoms. The van der Waals surface area contributed by atoms with Gasteiger partial charge in [-0.3, -0.25) is 4.79 Å². The Morgan fingerprint density at radius 2 is 2.11 bits per heavy atom. The number of hydrogen-bond donors (Lipinski definition) is 2. The smallest absolute Gasteiger partial charge is 0.304 e. The molecule has 0 aromatic carbocycles. The molecule has 1 saturated carbocycles. The topological polar surface area (TPSA) is 61.8 Å². The number of piperidine rings is 1. The second-order valence-electron chi connectivity index (χ2n) is 6.07. The minimum atomic E-state index is -0.705. The van der Waals surface area contributed by atoms with Crippen LogP contribution in [0.5, 0.6) is 0 Å². The number of likely N-dealkylation sites (tertiary alicyclic amines) is 1. The first-order valence-electron chi connectivity index (χ1n) is 7.30. The van der Waals surface area contributed by atoms with Crippen LogP contribution in [-0.4, -0.2) is 61.9 Å². The molecule has 1 aliphatic carbocycles. The third-order valence-electron chi connectivity index (χ3n) is 4.35. The Morgan fingerprint density at radius 3 is 2.63 bits per heavy atom. The lowest BCUT2D eigenvalue weighted by Crippen LogP contribution is -2.48. The number of rotatable bonds is 8. The third-order valence-corrected chi connectivity index (χ3v) is 4.35. The molecule has 2 aliphatic rings. The molecular weight excluding hydrogens is 244 g/mol. The van der Waals surface area contributed by atoms with Gasteiger partial charge in [0.15, 0.2) is 0 Å². The van der Waals surface area contributed by atoms with E-state index in [0.29, 0.717) is 6.54 Å². The molecule has 0 unspecified atom stereocenters. The highest BCUT2D eigenvalue weighted by Crippen LogP contribution is 2.32. The maximum Gasteiger partial charge on any atom is 0.304 e. The summed E-state index contributed by atoms with van der Waals surface area (Å²) in [6.07, 6.45) is 5.07. The van der Waals surface area contributed by atoms with Crippen LogP contribution in [0.2, 0.25) is 0 Å². The average molecular weight is 270 g/mol. The number of nitrogens with one attached hydrogen (secondary N) is 1. The first-order chi connectivity index (χ1) is 9.13. The minimum Gasteiger partial charge on any atom is -0.481 e. The lowest BCUT2D eigenvalue weighted by molar-refractivity contribution is -0.137. The van der Waals surface area contributed by atoms with Gasteiger partial charge in [0.25, 0.3) is 0 Å². The summed E-state index contributed by atoms with van der Waals surface area (Å²) in [5.74, 6) is -0.705. The molecule has 1 heterocycles. The maximum atomic E-state index is 10.6. The fraction of sp³-hybridized carbons (Fsp3) is 0.929. The molecule has 110 valence electrons. The lowest BCUT2D eigenvalue weighted by atomic mass is 9.79. The maximum absolute atomic E-state index is 10.6. The van der Waals surface area contributed by atoms with E-state index in [4.69, 9.17) is 9.84 Å². The molecule has 2 fully saturated rings. The van der Waals surface area contributed by atoms with E-state index in [0.717, 1.165) is 45.1 Å². The van der Waals surface area contributed by atoms with Crippen molar-refractivity contribution in [3.8, 4) is 0 Å². The van der Waals surface area contributed by atoms with E-state index in [-0.39, 0.29) is 11.8 Å². The van der Waals surface area contributed by atoms with Crippen molar-refractivity contribution >= 4 is 5.97 Å². The molecule has 0 amide bonds. The van der Waals surface area contributed by atoms with Gasteiger partial charge in [0, 0.05) is 31.7 Å². The summed E-state index contributed by atoms with van der Waals surface area (Å²) >= 11 is 0. The molecule has 0 bridgehead atoms. The quantitative estimate of drug-likeness (QED) is 0.687. The molecule has 5 heteroatoms. The lowest BCUT2D eigenvalue weighted by Gasteiger charge is -2.41. The van der Waals surface area contributed by atoms with E-state index >= 15 is 0 Å².